The standard InChI is InChI=1S/C28H32FP.C4H10/c1-3-4-5-8-22-10-14-24(15-11-22)26-18-19-27(28(29)20-26)25-16-12-23(13-17-25)9-6-7-21(2)30;1-3-4-2/h7,10-20H,3-6,8-9,30H2,1-2H3;3-4H2,1-2H3/b21-7+;. The first kappa shape index (κ1) is 28.0. The van der Waals surface area contributed by atoms with Gasteiger partial charge in [-0.25, -0.2) is 4.39 Å². The number of unbranched alkanes of at least 4 members (excludes halogenated alkanes) is 3. The summed E-state index contributed by atoms with van der Waals surface area (Å²) < 4.78 is 14.9. The van der Waals surface area contributed by atoms with Crippen molar-refractivity contribution in [3.63, 3.8) is 0 Å². The smallest absolute Gasteiger partial charge is 0.131 e. The van der Waals surface area contributed by atoms with E-state index in [1.165, 1.54) is 48.5 Å². The average molecular weight is 477 g/mol. The van der Waals surface area contributed by atoms with Crippen molar-refractivity contribution in [3.8, 4) is 22.3 Å². The monoisotopic (exact) mass is 476 g/mol. The zero-order chi connectivity index (χ0) is 24.8. The van der Waals surface area contributed by atoms with E-state index in [0.29, 0.717) is 5.56 Å². The number of aryl methyl sites for hydroxylation is 2. The summed E-state index contributed by atoms with van der Waals surface area (Å²) in [4.78, 5) is 0. The maximum atomic E-state index is 14.9. The third-order valence-corrected chi connectivity index (χ3v) is 6.23. The molecule has 0 aromatic heterocycles. The van der Waals surface area contributed by atoms with Gasteiger partial charge in [-0.3, -0.25) is 0 Å². The Morgan fingerprint density at radius 1 is 0.706 bits per heavy atom. The van der Waals surface area contributed by atoms with E-state index in [4.69, 9.17) is 0 Å². The lowest BCUT2D eigenvalue weighted by atomic mass is 9.97. The van der Waals surface area contributed by atoms with Gasteiger partial charge in [0.1, 0.15) is 5.82 Å². The molecule has 3 rings (SSSR count). The van der Waals surface area contributed by atoms with Crippen LogP contribution in [0.3, 0.4) is 0 Å². The van der Waals surface area contributed by atoms with Crippen molar-refractivity contribution in [2.45, 2.75) is 79.1 Å². The van der Waals surface area contributed by atoms with Gasteiger partial charge in [0, 0.05) is 5.56 Å². The molecule has 0 saturated carbocycles. The molecule has 0 heterocycles. The van der Waals surface area contributed by atoms with Crippen LogP contribution in [-0.4, -0.2) is 0 Å². The van der Waals surface area contributed by atoms with Crippen molar-refractivity contribution in [2.75, 3.05) is 0 Å². The fourth-order valence-corrected chi connectivity index (χ4v) is 3.86. The van der Waals surface area contributed by atoms with Crippen LogP contribution < -0.4 is 0 Å². The highest BCUT2D eigenvalue weighted by atomic mass is 31.0. The Hall–Kier alpha value is -2.24. The molecule has 0 aliphatic carbocycles. The third-order valence-electron chi connectivity index (χ3n) is 5.99. The van der Waals surface area contributed by atoms with Gasteiger partial charge in [0.05, 0.1) is 0 Å². The molecule has 0 aliphatic rings. The second kappa shape index (κ2) is 15.6. The number of rotatable bonds is 10. The van der Waals surface area contributed by atoms with Gasteiger partial charge in [-0.15, -0.1) is 9.24 Å². The highest BCUT2D eigenvalue weighted by molar-refractivity contribution is 7.22. The summed E-state index contributed by atoms with van der Waals surface area (Å²) in [6.45, 7) is 8.67. The van der Waals surface area contributed by atoms with Gasteiger partial charge in [-0.05, 0) is 66.5 Å². The fourth-order valence-electron chi connectivity index (χ4n) is 3.69. The van der Waals surface area contributed by atoms with Crippen LogP contribution in [0.4, 0.5) is 4.39 Å². The van der Waals surface area contributed by atoms with E-state index in [0.717, 1.165) is 36.0 Å². The van der Waals surface area contributed by atoms with Crippen LogP contribution >= 0.6 is 9.24 Å². The molecule has 0 N–H and O–H groups in total. The van der Waals surface area contributed by atoms with E-state index >= 15 is 0 Å². The maximum absolute atomic E-state index is 14.9. The van der Waals surface area contributed by atoms with E-state index in [-0.39, 0.29) is 5.82 Å². The first-order chi connectivity index (χ1) is 16.5. The second-order valence-corrected chi connectivity index (χ2v) is 9.94. The lowest BCUT2D eigenvalue weighted by molar-refractivity contribution is 0.632. The Morgan fingerprint density at radius 2 is 1.26 bits per heavy atom. The largest absolute Gasteiger partial charge is 0.206 e. The number of halogens is 1. The molecule has 3 aromatic carbocycles. The normalized spacial score (nSPS) is 11.2. The third kappa shape index (κ3) is 9.55. The van der Waals surface area contributed by atoms with Gasteiger partial charge < -0.3 is 0 Å². The Bertz CT molecular complexity index is 994. The predicted molar refractivity (Wildman–Crippen MR) is 153 cm³/mol. The lowest BCUT2D eigenvalue weighted by Crippen LogP contribution is -1.89. The molecule has 1 unspecified atom stereocenters. The molecule has 3 aromatic rings. The number of hydrogen-bond donors (Lipinski definition) is 0. The molecule has 0 aliphatic heterocycles. The van der Waals surface area contributed by atoms with Crippen molar-refractivity contribution in [1.29, 1.82) is 0 Å². The summed E-state index contributed by atoms with van der Waals surface area (Å²) in [6.07, 6.45) is 11.7. The summed E-state index contributed by atoms with van der Waals surface area (Å²) in [6, 6.07) is 22.4. The van der Waals surface area contributed by atoms with E-state index in [1.807, 2.05) is 24.3 Å². The Labute approximate surface area is 209 Å². The molecular weight excluding hydrogens is 434 g/mol. The molecular formula is C32H42FP. The summed E-state index contributed by atoms with van der Waals surface area (Å²) in [5, 5.41) is 1.26. The van der Waals surface area contributed by atoms with E-state index in [2.05, 4.69) is 79.4 Å². The molecule has 2 heteroatoms. The van der Waals surface area contributed by atoms with E-state index in [1.54, 1.807) is 6.07 Å². The summed E-state index contributed by atoms with van der Waals surface area (Å²) in [5.74, 6) is -0.172. The second-order valence-electron chi connectivity index (χ2n) is 9.03. The number of benzene rings is 3. The molecule has 182 valence electrons. The molecule has 0 radical (unpaired) electrons. The highest BCUT2D eigenvalue weighted by Gasteiger charge is 2.08. The lowest BCUT2D eigenvalue weighted by Gasteiger charge is -2.09. The minimum Gasteiger partial charge on any atom is -0.206 e. The van der Waals surface area contributed by atoms with Crippen LogP contribution in [0.1, 0.15) is 77.3 Å². The minimum absolute atomic E-state index is 0.172. The molecule has 0 nitrogen and oxygen atoms in total. The maximum Gasteiger partial charge on any atom is 0.131 e. The van der Waals surface area contributed by atoms with Crippen LogP contribution in [0.2, 0.25) is 0 Å². The topological polar surface area (TPSA) is 0 Å². The van der Waals surface area contributed by atoms with Crippen LogP contribution in [0, 0.1) is 5.82 Å². The van der Waals surface area contributed by atoms with Crippen LogP contribution in [0.25, 0.3) is 22.3 Å². The van der Waals surface area contributed by atoms with Crippen molar-refractivity contribution in [3.05, 3.63) is 95.1 Å². The Balaban J connectivity index is 0.000000945. The zero-order valence-electron chi connectivity index (χ0n) is 21.5. The summed E-state index contributed by atoms with van der Waals surface area (Å²) >= 11 is 0. The highest BCUT2D eigenvalue weighted by Crippen LogP contribution is 2.29. The van der Waals surface area contributed by atoms with E-state index in [9.17, 15) is 4.39 Å². The van der Waals surface area contributed by atoms with E-state index < -0.39 is 0 Å². The molecule has 0 amide bonds. The average Bonchev–Trinajstić information content (AvgIpc) is 2.85. The molecule has 0 fully saturated rings. The quantitative estimate of drug-likeness (QED) is 0.202. The molecule has 1 atom stereocenters. The molecule has 0 bridgehead atoms. The van der Waals surface area contributed by atoms with Gasteiger partial charge in [0.25, 0.3) is 0 Å². The van der Waals surface area contributed by atoms with Crippen LogP contribution in [-0.2, 0) is 12.8 Å². The number of allylic oxidation sites excluding steroid dienone is 2. The van der Waals surface area contributed by atoms with Crippen molar-refractivity contribution < 1.29 is 4.39 Å². The van der Waals surface area contributed by atoms with Gasteiger partial charge in [-0.2, -0.15) is 0 Å². The van der Waals surface area contributed by atoms with Gasteiger partial charge in [0.2, 0.25) is 0 Å². The first-order valence-electron chi connectivity index (χ1n) is 12.9. The molecule has 0 saturated heterocycles. The Morgan fingerprint density at radius 3 is 1.79 bits per heavy atom. The molecule has 34 heavy (non-hydrogen) atoms. The fraction of sp³-hybridized carbons (Fsp3) is 0.375. The summed E-state index contributed by atoms with van der Waals surface area (Å²) in [5.41, 5.74) is 6.19. The first-order valence-corrected chi connectivity index (χ1v) is 13.5. The SMILES string of the molecule is CCCC.CCCCCc1ccc(-c2ccc(-c3ccc(CC/C=C(\C)P)cc3)c(F)c2)cc1. The van der Waals surface area contributed by atoms with Crippen molar-refractivity contribution in [1.82, 2.24) is 0 Å². The Kier molecular flexibility index (Phi) is 12.9. The molecule has 0 spiro atoms. The van der Waals surface area contributed by atoms with Gasteiger partial charge >= 0.3 is 0 Å². The van der Waals surface area contributed by atoms with Crippen molar-refractivity contribution in [2.24, 2.45) is 0 Å². The zero-order valence-corrected chi connectivity index (χ0v) is 22.7. The van der Waals surface area contributed by atoms with Gasteiger partial charge in [0.15, 0.2) is 0 Å². The van der Waals surface area contributed by atoms with Crippen LogP contribution in [0.5, 0.6) is 0 Å². The predicted octanol–water partition coefficient (Wildman–Crippen LogP) is 10.4. The van der Waals surface area contributed by atoms with Crippen molar-refractivity contribution >= 4 is 9.24 Å². The summed E-state index contributed by atoms with van der Waals surface area (Å²) in [7, 11) is 2.72. The minimum atomic E-state index is -0.172. The van der Waals surface area contributed by atoms with Crippen LogP contribution in [0.15, 0.2) is 78.1 Å². The number of hydrogen-bond acceptors (Lipinski definition) is 0. The van der Waals surface area contributed by atoms with Gasteiger partial charge in [-0.1, -0.05) is 119 Å².